The molecule has 1 aliphatic rings. The lowest BCUT2D eigenvalue weighted by Gasteiger charge is -2.25. The molecule has 0 radical (unpaired) electrons. The topological polar surface area (TPSA) is 37.4 Å². The molecule has 3 nitrogen and oxygen atoms in total. The molecule has 1 atom stereocenters. The fourth-order valence-electron chi connectivity index (χ4n) is 2.26. The molecule has 1 aromatic rings. The molecule has 0 amide bonds. The van der Waals surface area contributed by atoms with Crippen LogP contribution in [0.15, 0.2) is 30.3 Å². The molecular weight excluding hydrogens is 200 g/mol. The second-order valence-corrected chi connectivity index (χ2v) is 4.69. The number of hydrogen-bond acceptors (Lipinski definition) is 2. The molecule has 0 unspecified atom stereocenters. The predicted octanol–water partition coefficient (Wildman–Crippen LogP) is 1.10. The van der Waals surface area contributed by atoms with E-state index in [1.165, 1.54) is 10.8 Å². The molecule has 0 saturated carbocycles. The van der Waals surface area contributed by atoms with Gasteiger partial charge in [-0.25, -0.2) is 4.99 Å². The summed E-state index contributed by atoms with van der Waals surface area (Å²) >= 11 is 0. The van der Waals surface area contributed by atoms with Gasteiger partial charge in [-0.2, -0.15) is 0 Å². The van der Waals surface area contributed by atoms with Crippen molar-refractivity contribution in [2.24, 2.45) is 0 Å². The first-order valence-electron chi connectivity index (χ1n) is 5.73. The van der Waals surface area contributed by atoms with Crippen LogP contribution in [0.25, 0.3) is 0 Å². The number of rotatable bonds is 2. The normalized spacial score (nSPS) is 24.5. The Balaban J connectivity index is 2.36. The van der Waals surface area contributed by atoms with Crippen molar-refractivity contribution in [2.45, 2.75) is 38.9 Å². The van der Waals surface area contributed by atoms with Gasteiger partial charge in [-0.05, 0) is 13.8 Å². The summed E-state index contributed by atoms with van der Waals surface area (Å²) in [4.78, 5) is 3.39. The van der Waals surface area contributed by atoms with Gasteiger partial charge >= 0.3 is 0 Å². The summed E-state index contributed by atoms with van der Waals surface area (Å²) in [5.74, 6) is 0. The Kier molecular flexibility index (Phi) is 2.82. The van der Waals surface area contributed by atoms with Crippen molar-refractivity contribution in [3.63, 3.8) is 0 Å². The maximum Gasteiger partial charge on any atom is 0.255 e. The number of nitrogens with zero attached hydrogens (tertiary/aromatic N) is 1. The van der Waals surface area contributed by atoms with Crippen LogP contribution in [-0.4, -0.2) is 21.5 Å². The zero-order chi connectivity index (χ0) is 11.8. The molecule has 3 heteroatoms. The minimum atomic E-state index is -0.310. The van der Waals surface area contributed by atoms with Gasteiger partial charge in [0, 0.05) is 12.0 Å². The predicted molar refractivity (Wildman–Crippen MR) is 63.1 cm³/mol. The number of hydrogen-bond donors (Lipinski definition) is 2. The Morgan fingerprint density at radius 3 is 2.44 bits per heavy atom. The lowest BCUT2D eigenvalue weighted by atomic mass is 9.97. The van der Waals surface area contributed by atoms with Crippen molar-refractivity contribution in [2.75, 3.05) is 0 Å². The van der Waals surface area contributed by atoms with Crippen molar-refractivity contribution >= 4 is 5.71 Å². The zero-order valence-corrected chi connectivity index (χ0v) is 10.1. The van der Waals surface area contributed by atoms with E-state index in [1.54, 1.807) is 0 Å². The lowest BCUT2D eigenvalue weighted by Crippen LogP contribution is -2.72. The van der Waals surface area contributed by atoms with Crippen LogP contribution in [0, 0.1) is 0 Å². The molecule has 0 aliphatic carbocycles. The highest BCUT2D eigenvalue weighted by Crippen LogP contribution is 2.26. The van der Waals surface area contributed by atoms with Crippen LogP contribution in [0.2, 0.25) is 0 Å². The molecule has 1 aliphatic heterocycles. The Labute approximate surface area is 96.4 Å². The van der Waals surface area contributed by atoms with Crippen molar-refractivity contribution in [1.82, 2.24) is 5.06 Å². The Bertz CT molecular complexity index is 398. The van der Waals surface area contributed by atoms with Gasteiger partial charge < -0.3 is 5.21 Å². The van der Waals surface area contributed by atoms with Crippen molar-refractivity contribution in [1.29, 1.82) is 0 Å². The van der Waals surface area contributed by atoms with Gasteiger partial charge in [0.25, 0.3) is 6.17 Å². The third kappa shape index (κ3) is 1.66. The third-order valence-electron chi connectivity index (χ3n) is 3.34. The fourth-order valence-corrected chi connectivity index (χ4v) is 2.26. The van der Waals surface area contributed by atoms with Crippen LogP contribution < -0.4 is 4.99 Å². The molecule has 0 bridgehead atoms. The minimum Gasteiger partial charge on any atom is -0.307 e. The molecule has 0 fully saturated rings. The highest BCUT2D eigenvalue weighted by Gasteiger charge is 2.47. The van der Waals surface area contributed by atoms with Crippen LogP contribution in [0.4, 0.5) is 0 Å². The fraction of sp³-hybridized carbons (Fsp3) is 0.462. The molecule has 16 heavy (non-hydrogen) atoms. The second kappa shape index (κ2) is 4.00. The van der Waals surface area contributed by atoms with Crippen molar-refractivity contribution in [3.8, 4) is 0 Å². The Hall–Kier alpha value is -1.19. The van der Waals surface area contributed by atoms with Gasteiger partial charge in [-0.15, -0.1) is 5.06 Å². The van der Waals surface area contributed by atoms with Crippen LogP contribution in [0.3, 0.4) is 0 Å². The van der Waals surface area contributed by atoms with Crippen molar-refractivity contribution < 1.29 is 10.2 Å². The summed E-state index contributed by atoms with van der Waals surface area (Å²) in [6.45, 7) is 6.16. The number of nitrogens with one attached hydrogen (secondary N) is 1. The monoisotopic (exact) mass is 219 g/mol. The average molecular weight is 219 g/mol. The van der Waals surface area contributed by atoms with E-state index in [9.17, 15) is 5.21 Å². The summed E-state index contributed by atoms with van der Waals surface area (Å²) < 4.78 is 0. The molecule has 1 heterocycles. The van der Waals surface area contributed by atoms with E-state index in [0.29, 0.717) is 0 Å². The smallest absolute Gasteiger partial charge is 0.255 e. The zero-order valence-electron chi connectivity index (χ0n) is 10.1. The summed E-state index contributed by atoms with van der Waals surface area (Å²) in [5, 5.41) is 11.6. The molecule has 0 aromatic heterocycles. The summed E-state index contributed by atoms with van der Waals surface area (Å²) in [6.07, 6.45) is 0.791. The first-order valence-corrected chi connectivity index (χ1v) is 5.73. The van der Waals surface area contributed by atoms with Gasteiger partial charge in [-0.3, -0.25) is 0 Å². The number of hydroxylamine groups is 2. The average Bonchev–Trinajstić information content (AvgIpc) is 2.52. The van der Waals surface area contributed by atoms with Gasteiger partial charge in [0.05, 0.1) is 0 Å². The molecular formula is C13H19N2O+. The molecule has 1 aromatic carbocycles. The van der Waals surface area contributed by atoms with Crippen LogP contribution in [-0.2, 0) is 0 Å². The van der Waals surface area contributed by atoms with E-state index in [1.807, 2.05) is 44.2 Å². The standard InChI is InChI=1S/C13H18N2O/c1-4-11-13(2,3)15(16)12(14-11)10-8-6-5-7-9-10/h5-9,12,16H,4H2,1-3H3/p+1/t12-/m1/s1. The third-order valence-corrected chi connectivity index (χ3v) is 3.34. The quantitative estimate of drug-likeness (QED) is 0.781. The van der Waals surface area contributed by atoms with E-state index < -0.39 is 0 Å². The van der Waals surface area contributed by atoms with Crippen LogP contribution in [0.5, 0.6) is 0 Å². The van der Waals surface area contributed by atoms with Gasteiger partial charge in [0.2, 0.25) is 0 Å². The highest BCUT2D eigenvalue weighted by atomic mass is 16.5. The molecule has 2 rings (SSSR count). The SMILES string of the molecule is CCC1=[NH+][C@@H](c2ccccc2)N(O)C1(C)C. The van der Waals surface area contributed by atoms with Gasteiger partial charge in [0.1, 0.15) is 5.54 Å². The summed E-state index contributed by atoms with van der Waals surface area (Å²) in [7, 11) is 0. The Morgan fingerprint density at radius 1 is 1.31 bits per heavy atom. The first-order chi connectivity index (χ1) is 7.57. The van der Waals surface area contributed by atoms with Crippen LogP contribution >= 0.6 is 0 Å². The maximum atomic E-state index is 10.2. The largest absolute Gasteiger partial charge is 0.307 e. The molecule has 0 spiro atoms. The summed E-state index contributed by atoms with van der Waals surface area (Å²) in [5.41, 5.74) is 1.94. The van der Waals surface area contributed by atoms with E-state index in [-0.39, 0.29) is 11.7 Å². The highest BCUT2D eigenvalue weighted by molar-refractivity contribution is 5.88. The molecule has 86 valence electrons. The van der Waals surface area contributed by atoms with Crippen LogP contribution in [0.1, 0.15) is 38.9 Å². The summed E-state index contributed by atoms with van der Waals surface area (Å²) in [6, 6.07) is 10.0. The first kappa shape index (κ1) is 11.3. The minimum absolute atomic E-state index is 0.133. The maximum absolute atomic E-state index is 10.2. The molecule has 0 saturated heterocycles. The van der Waals surface area contributed by atoms with E-state index in [4.69, 9.17) is 0 Å². The Morgan fingerprint density at radius 2 is 1.94 bits per heavy atom. The van der Waals surface area contributed by atoms with Crippen molar-refractivity contribution in [3.05, 3.63) is 35.9 Å². The van der Waals surface area contributed by atoms with Gasteiger partial charge in [-0.1, -0.05) is 37.3 Å². The van der Waals surface area contributed by atoms with Gasteiger partial charge in [0.15, 0.2) is 5.71 Å². The molecule has 2 N–H and O–H groups in total. The lowest BCUT2D eigenvalue weighted by molar-refractivity contribution is -0.549. The van der Waals surface area contributed by atoms with E-state index in [2.05, 4.69) is 11.9 Å². The van der Waals surface area contributed by atoms with E-state index >= 15 is 0 Å². The number of benzene rings is 1. The second-order valence-electron chi connectivity index (χ2n) is 4.69. The van der Waals surface area contributed by atoms with E-state index in [0.717, 1.165) is 12.0 Å².